The number of carbonyl (C=O) groups excluding carboxylic acids is 2. The molecule has 0 bridgehead atoms. The lowest BCUT2D eigenvalue weighted by Gasteiger charge is -2.36. The minimum absolute atomic E-state index is 0.0104. The summed E-state index contributed by atoms with van der Waals surface area (Å²) in [7, 11) is 0. The summed E-state index contributed by atoms with van der Waals surface area (Å²) in [6, 6.07) is 5.92. The van der Waals surface area contributed by atoms with Crippen LogP contribution < -0.4 is 10.6 Å². The van der Waals surface area contributed by atoms with Crippen LogP contribution >= 0.6 is 0 Å². The molecule has 2 aliphatic rings. The zero-order valence-corrected chi connectivity index (χ0v) is 14.9. The Hall–Kier alpha value is -1.88. The Kier molecular flexibility index (Phi) is 4.63. The third kappa shape index (κ3) is 3.18. The van der Waals surface area contributed by atoms with Crippen molar-refractivity contribution in [3.05, 3.63) is 34.9 Å². The van der Waals surface area contributed by atoms with Crippen LogP contribution in [0.25, 0.3) is 0 Å². The lowest BCUT2D eigenvalue weighted by atomic mass is 9.98. The second-order valence-electron chi connectivity index (χ2n) is 7.47. The van der Waals surface area contributed by atoms with Crippen molar-refractivity contribution in [1.29, 1.82) is 0 Å². The normalized spacial score (nSPS) is 26.7. The Morgan fingerprint density at radius 2 is 2.00 bits per heavy atom. The van der Waals surface area contributed by atoms with Crippen molar-refractivity contribution in [3.8, 4) is 0 Å². The number of rotatable bonds is 4. The van der Waals surface area contributed by atoms with E-state index in [0.29, 0.717) is 13.0 Å². The standard InChI is InChI=1S/C19H27N3O2/c1-11(2)17-19(24)22-10-15(8-16(22)18(23)21-17)20-9-14-6-5-12(3)13(4)7-14/h5-7,11,15-17,20H,8-10H2,1-4H3,(H,21,23)/t15-,16-,17-/m0/s1. The number of nitrogens with one attached hydrogen (secondary N) is 2. The number of nitrogens with zero attached hydrogens (tertiary/aromatic N) is 1. The average Bonchev–Trinajstić information content (AvgIpc) is 2.97. The van der Waals surface area contributed by atoms with Crippen LogP contribution in [0.2, 0.25) is 0 Å². The van der Waals surface area contributed by atoms with E-state index in [4.69, 9.17) is 0 Å². The third-order valence-corrected chi connectivity index (χ3v) is 5.28. The molecule has 2 amide bonds. The summed E-state index contributed by atoms with van der Waals surface area (Å²) in [4.78, 5) is 26.7. The first-order chi connectivity index (χ1) is 11.4. The Morgan fingerprint density at radius 3 is 2.67 bits per heavy atom. The van der Waals surface area contributed by atoms with Crippen LogP contribution in [0.1, 0.15) is 37.0 Å². The highest BCUT2D eigenvalue weighted by Gasteiger charge is 2.46. The van der Waals surface area contributed by atoms with Gasteiger partial charge in [0.1, 0.15) is 12.1 Å². The van der Waals surface area contributed by atoms with Crippen molar-refractivity contribution in [2.75, 3.05) is 6.54 Å². The number of carbonyl (C=O) groups is 2. The van der Waals surface area contributed by atoms with E-state index in [-0.39, 0.29) is 35.9 Å². The maximum atomic E-state index is 12.6. The highest BCUT2D eigenvalue weighted by Crippen LogP contribution is 2.25. The van der Waals surface area contributed by atoms with Gasteiger partial charge in [0.15, 0.2) is 0 Å². The molecule has 2 fully saturated rings. The van der Waals surface area contributed by atoms with Gasteiger partial charge in [0, 0.05) is 19.1 Å². The summed E-state index contributed by atoms with van der Waals surface area (Å²) in [6.07, 6.45) is 0.688. The highest BCUT2D eigenvalue weighted by molar-refractivity contribution is 5.97. The van der Waals surface area contributed by atoms with Crippen molar-refractivity contribution in [2.24, 2.45) is 5.92 Å². The first-order valence-electron chi connectivity index (χ1n) is 8.77. The van der Waals surface area contributed by atoms with Crippen molar-refractivity contribution in [3.63, 3.8) is 0 Å². The predicted molar refractivity (Wildman–Crippen MR) is 93.4 cm³/mol. The molecule has 5 heteroatoms. The van der Waals surface area contributed by atoms with Crippen LogP contribution in [0.3, 0.4) is 0 Å². The molecule has 3 atom stereocenters. The number of hydrogen-bond acceptors (Lipinski definition) is 3. The minimum atomic E-state index is -0.382. The van der Waals surface area contributed by atoms with Crippen molar-refractivity contribution >= 4 is 11.8 Å². The van der Waals surface area contributed by atoms with E-state index in [1.54, 1.807) is 4.90 Å². The van der Waals surface area contributed by atoms with Gasteiger partial charge in [-0.2, -0.15) is 0 Å². The number of benzene rings is 1. The van der Waals surface area contributed by atoms with Gasteiger partial charge >= 0.3 is 0 Å². The molecular weight excluding hydrogens is 302 g/mol. The molecule has 2 saturated heterocycles. The molecule has 0 radical (unpaired) electrons. The molecule has 0 spiro atoms. The second-order valence-corrected chi connectivity index (χ2v) is 7.47. The van der Waals surface area contributed by atoms with Crippen LogP contribution in [0, 0.1) is 19.8 Å². The molecule has 0 aromatic heterocycles. The molecule has 5 nitrogen and oxygen atoms in total. The summed E-state index contributed by atoms with van der Waals surface area (Å²) in [5.41, 5.74) is 3.81. The monoisotopic (exact) mass is 329 g/mol. The molecule has 1 aromatic carbocycles. The SMILES string of the molecule is Cc1ccc(CN[C@H]2C[C@H]3C(=O)N[C@@H](C(C)C)C(=O)N3C2)cc1C. The van der Waals surface area contributed by atoms with Crippen LogP contribution in [0.5, 0.6) is 0 Å². The van der Waals surface area contributed by atoms with E-state index < -0.39 is 0 Å². The topological polar surface area (TPSA) is 61.4 Å². The largest absolute Gasteiger partial charge is 0.342 e. The molecule has 0 unspecified atom stereocenters. The van der Waals surface area contributed by atoms with E-state index in [1.165, 1.54) is 16.7 Å². The lowest BCUT2D eigenvalue weighted by molar-refractivity contribution is -0.148. The average molecular weight is 329 g/mol. The molecule has 0 aliphatic carbocycles. The van der Waals surface area contributed by atoms with Gasteiger partial charge < -0.3 is 15.5 Å². The van der Waals surface area contributed by atoms with Crippen molar-refractivity contribution in [1.82, 2.24) is 15.5 Å². The van der Waals surface area contributed by atoms with E-state index in [2.05, 4.69) is 42.7 Å². The van der Waals surface area contributed by atoms with E-state index in [9.17, 15) is 9.59 Å². The van der Waals surface area contributed by atoms with E-state index in [1.807, 2.05) is 13.8 Å². The Labute approximate surface area is 143 Å². The maximum Gasteiger partial charge on any atom is 0.246 e. The second kappa shape index (κ2) is 6.55. The molecule has 2 heterocycles. The van der Waals surface area contributed by atoms with Crippen LogP contribution in [-0.2, 0) is 16.1 Å². The van der Waals surface area contributed by atoms with Gasteiger partial charge in [-0.25, -0.2) is 0 Å². The molecule has 1 aromatic rings. The molecule has 130 valence electrons. The van der Waals surface area contributed by atoms with Gasteiger partial charge in [0.05, 0.1) is 0 Å². The van der Waals surface area contributed by atoms with Crippen molar-refractivity contribution < 1.29 is 9.59 Å². The van der Waals surface area contributed by atoms with E-state index in [0.717, 1.165) is 6.54 Å². The fourth-order valence-electron chi connectivity index (χ4n) is 3.59. The summed E-state index contributed by atoms with van der Waals surface area (Å²) in [6.45, 7) is 9.53. The summed E-state index contributed by atoms with van der Waals surface area (Å²) in [5, 5.41) is 6.40. The summed E-state index contributed by atoms with van der Waals surface area (Å²) < 4.78 is 0. The predicted octanol–water partition coefficient (Wildman–Crippen LogP) is 1.52. The summed E-state index contributed by atoms with van der Waals surface area (Å²) >= 11 is 0. The van der Waals surface area contributed by atoms with Crippen molar-refractivity contribution in [2.45, 2.75) is 58.8 Å². The third-order valence-electron chi connectivity index (χ3n) is 5.28. The first kappa shape index (κ1) is 17.0. The van der Waals surface area contributed by atoms with Crippen LogP contribution in [-0.4, -0.2) is 41.4 Å². The highest BCUT2D eigenvalue weighted by atomic mass is 16.2. The number of fused-ring (bicyclic) bond motifs is 1. The van der Waals surface area contributed by atoms with E-state index >= 15 is 0 Å². The molecule has 0 saturated carbocycles. The number of piperazine rings is 1. The zero-order chi connectivity index (χ0) is 17.4. The zero-order valence-electron chi connectivity index (χ0n) is 14.9. The van der Waals surface area contributed by atoms with Gasteiger partial charge in [-0.1, -0.05) is 32.0 Å². The van der Waals surface area contributed by atoms with Gasteiger partial charge in [-0.3, -0.25) is 9.59 Å². The van der Waals surface area contributed by atoms with Gasteiger partial charge in [0.2, 0.25) is 11.8 Å². The Balaban J connectivity index is 1.63. The van der Waals surface area contributed by atoms with Gasteiger partial charge in [-0.05, 0) is 42.9 Å². The molecule has 2 aliphatic heterocycles. The number of hydrogen-bond donors (Lipinski definition) is 2. The Bertz CT molecular complexity index is 656. The molecule has 3 rings (SSSR count). The van der Waals surface area contributed by atoms with Gasteiger partial charge in [0.25, 0.3) is 0 Å². The minimum Gasteiger partial charge on any atom is -0.342 e. The number of aryl methyl sites for hydroxylation is 2. The molecular formula is C19H27N3O2. The summed E-state index contributed by atoms with van der Waals surface area (Å²) in [5.74, 6) is 0.166. The maximum absolute atomic E-state index is 12.6. The fraction of sp³-hybridized carbons (Fsp3) is 0.579. The van der Waals surface area contributed by atoms with Gasteiger partial charge in [-0.15, -0.1) is 0 Å². The van der Waals surface area contributed by atoms with Crippen LogP contribution in [0.4, 0.5) is 0 Å². The van der Waals surface area contributed by atoms with Crippen LogP contribution in [0.15, 0.2) is 18.2 Å². The molecule has 2 N–H and O–H groups in total. The first-order valence-corrected chi connectivity index (χ1v) is 8.77. The number of amides is 2. The smallest absolute Gasteiger partial charge is 0.246 e. The fourth-order valence-corrected chi connectivity index (χ4v) is 3.59. The lowest BCUT2D eigenvalue weighted by Crippen LogP contribution is -2.62. The quantitative estimate of drug-likeness (QED) is 0.880. The molecule has 24 heavy (non-hydrogen) atoms. The Morgan fingerprint density at radius 1 is 1.25 bits per heavy atom.